The molecule has 1 saturated heterocycles. The van der Waals surface area contributed by atoms with Gasteiger partial charge < -0.3 is 21.1 Å². The summed E-state index contributed by atoms with van der Waals surface area (Å²) in [6.45, 7) is 2.06. The molecule has 238 valence electrons. The number of halogens is 3. The number of aromatic nitrogens is 3. The molecule has 45 heavy (non-hydrogen) atoms. The number of nitrogens with zero attached hydrogens (tertiary/aromatic N) is 7. The summed E-state index contributed by atoms with van der Waals surface area (Å²) in [6, 6.07) is 6.55. The zero-order valence-electron chi connectivity index (χ0n) is 25.9. The van der Waals surface area contributed by atoms with Crippen LogP contribution in [0.3, 0.4) is 0 Å². The number of nitriles is 1. The zero-order chi connectivity index (χ0) is 32.3. The molecular weight excluding hydrogens is 583 g/mol. The van der Waals surface area contributed by atoms with Gasteiger partial charge in [-0.25, -0.2) is 18.2 Å². The van der Waals surface area contributed by atoms with Crippen LogP contribution in [-0.2, 0) is 24.9 Å². The van der Waals surface area contributed by atoms with Gasteiger partial charge in [0.05, 0.1) is 35.1 Å². The largest absolute Gasteiger partial charge is 0.462 e. The maximum Gasteiger partial charge on any atom is 0.318 e. The van der Waals surface area contributed by atoms with Crippen LogP contribution in [0.2, 0.25) is 0 Å². The number of anilines is 3. The van der Waals surface area contributed by atoms with Crippen molar-refractivity contribution in [3.05, 3.63) is 63.7 Å². The van der Waals surface area contributed by atoms with Crippen molar-refractivity contribution in [2.75, 3.05) is 50.7 Å². The first kappa shape index (κ1) is 30.9. The van der Waals surface area contributed by atoms with Gasteiger partial charge in [-0.05, 0) is 63.5 Å². The van der Waals surface area contributed by atoms with Gasteiger partial charge in [-0.1, -0.05) is 6.07 Å². The number of ether oxygens (including phenoxy) is 1. The third-order valence-electron chi connectivity index (χ3n) is 9.92. The van der Waals surface area contributed by atoms with Crippen LogP contribution in [0.5, 0.6) is 6.01 Å². The third kappa shape index (κ3) is 5.29. The zero-order valence-corrected chi connectivity index (χ0v) is 25.9. The first-order valence-electron chi connectivity index (χ1n) is 15.1. The van der Waals surface area contributed by atoms with Crippen LogP contribution >= 0.6 is 0 Å². The first-order chi connectivity index (χ1) is 21.3. The van der Waals surface area contributed by atoms with Crippen LogP contribution < -0.4 is 21.1 Å². The number of pyridine rings is 1. The van der Waals surface area contributed by atoms with Crippen molar-refractivity contribution in [2.45, 2.75) is 69.1 Å². The Morgan fingerprint density at radius 1 is 1.24 bits per heavy atom. The molecule has 0 bridgehead atoms. The second-order valence-corrected chi connectivity index (χ2v) is 12.7. The van der Waals surface area contributed by atoms with E-state index in [9.17, 15) is 14.0 Å². The van der Waals surface area contributed by atoms with Gasteiger partial charge in [0.15, 0.2) is 0 Å². The van der Waals surface area contributed by atoms with Crippen molar-refractivity contribution in [2.24, 2.45) is 0 Å². The van der Waals surface area contributed by atoms with Gasteiger partial charge in [-0.15, -0.1) is 0 Å². The summed E-state index contributed by atoms with van der Waals surface area (Å²) >= 11 is 0. The Kier molecular flexibility index (Phi) is 7.77. The quantitative estimate of drug-likeness (QED) is 0.386. The Morgan fingerprint density at radius 2 is 2.02 bits per heavy atom. The van der Waals surface area contributed by atoms with Crippen molar-refractivity contribution in [1.29, 1.82) is 5.26 Å². The second kappa shape index (κ2) is 11.3. The minimum absolute atomic E-state index is 0.00660. The van der Waals surface area contributed by atoms with Crippen LogP contribution in [0.1, 0.15) is 65.7 Å². The van der Waals surface area contributed by atoms with E-state index in [1.54, 1.807) is 18.1 Å². The summed E-state index contributed by atoms with van der Waals surface area (Å²) in [5, 5.41) is 10.1. The topological polar surface area (TPSA) is 133 Å². The van der Waals surface area contributed by atoms with E-state index < -0.39 is 23.3 Å². The van der Waals surface area contributed by atoms with E-state index >= 15 is 4.39 Å². The summed E-state index contributed by atoms with van der Waals surface area (Å²) in [5.74, 6) is -2.19. The number of nitrogen functional groups attached to an aromatic ring is 2. The SMILES string of the molecule is C[C@H](c1cccnc1N)N(C)c1nc(OC[C@@H]2CC(F)(F)CN2C)nc2c1CN(C)[C@]1(CCCc3c(F)cc(N)c(C#N)c31)C2. The van der Waals surface area contributed by atoms with E-state index in [0.29, 0.717) is 54.3 Å². The van der Waals surface area contributed by atoms with Gasteiger partial charge >= 0.3 is 6.01 Å². The highest BCUT2D eigenvalue weighted by Crippen LogP contribution is 2.50. The molecule has 3 aromatic rings. The smallest absolute Gasteiger partial charge is 0.318 e. The molecule has 0 amide bonds. The lowest BCUT2D eigenvalue weighted by molar-refractivity contribution is 0.0136. The Hall–Kier alpha value is -4.15. The van der Waals surface area contributed by atoms with Crippen molar-refractivity contribution in [1.82, 2.24) is 24.8 Å². The summed E-state index contributed by atoms with van der Waals surface area (Å²) in [6.07, 6.45) is 3.58. The molecule has 0 saturated carbocycles. The predicted molar refractivity (Wildman–Crippen MR) is 164 cm³/mol. The molecule has 2 aliphatic heterocycles. The van der Waals surface area contributed by atoms with E-state index in [1.807, 2.05) is 38.1 Å². The number of hydrogen-bond acceptors (Lipinski definition) is 10. The second-order valence-electron chi connectivity index (χ2n) is 12.7. The molecule has 0 unspecified atom stereocenters. The van der Waals surface area contributed by atoms with Crippen LogP contribution in [0.25, 0.3) is 0 Å². The van der Waals surface area contributed by atoms with Crippen molar-refractivity contribution in [3.63, 3.8) is 0 Å². The van der Waals surface area contributed by atoms with Crippen LogP contribution in [0.15, 0.2) is 24.4 Å². The molecule has 4 N–H and O–H groups in total. The average Bonchev–Trinajstić information content (AvgIpc) is 3.27. The molecule has 1 aliphatic carbocycles. The molecule has 0 radical (unpaired) electrons. The van der Waals surface area contributed by atoms with Crippen LogP contribution in [0.4, 0.5) is 30.5 Å². The van der Waals surface area contributed by atoms with Gasteiger partial charge in [-0.3, -0.25) is 9.80 Å². The third-order valence-corrected chi connectivity index (χ3v) is 9.92. The molecular formula is C32H38F3N9O. The minimum atomic E-state index is -2.79. The average molecular weight is 622 g/mol. The summed E-state index contributed by atoms with van der Waals surface area (Å²) in [7, 11) is 5.52. The molecule has 3 aliphatic rings. The normalized spacial score (nSPS) is 23.3. The molecule has 2 aromatic heterocycles. The molecule has 10 nitrogen and oxygen atoms in total. The molecule has 1 spiro atoms. The highest BCUT2D eigenvalue weighted by atomic mass is 19.3. The van der Waals surface area contributed by atoms with Gasteiger partial charge in [0.2, 0.25) is 0 Å². The van der Waals surface area contributed by atoms with Gasteiger partial charge in [0.25, 0.3) is 5.92 Å². The number of alkyl halides is 2. The molecule has 13 heteroatoms. The standard InChI is InChI=1S/C32H38F3N9O/c1-18(20-8-6-10-39-28(20)38)44(4)29-23-15-43(3)31(9-5-7-21-24(33)11-25(37)22(14-36)27(21)31)13-26(23)40-30(41-29)45-16-19-12-32(34,35)17-42(19)2/h6,8,10-11,18-19H,5,7,9,12-13,15-17,37H2,1-4H3,(H2,38,39)/t18-,19+,31-/m1/s1. The van der Waals surface area contributed by atoms with E-state index in [2.05, 4.69) is 16.0 Å². The van der Waals surface area contributed by atoms with E-state index in [-0.39, 0.29) is 42.9 Å². The molecule has 1 fully saturated rings. The van der Waals surface area contributed by atoms with Crippen LogP contribution in [-0.4, -0.2) is 71.0 Å². The Balaban J connectivity index is 1.45. The maximum absolute atomic E-state index is 15.3. The first-order valence-corrected chi connectivity index (χ1v) is 15.1. The Morgan fingerprint density at radius 3 is 2.71 bits per heavy atom. The summed E-state index contributed by atoms with van der Waals surface area (Å²) in [5.41, 5.74) is 15.6. The monoisotopic (exact) mass is 621 g/mol. The molecule has 1 aromatic carbocycles. The highest BCUT2D eigenvalue weighted by Gasteiger charge is 2.48. The lowest BCUT2D eigenvalue weighted by Gasteiger charge is -2.50. The fourth-order valence-electron chi connectivity index (χ4n) is 7.38. The van der Waals surface area contributed by atoms with E-state index in [0.717, 1.165) is 17.5 Å². The molecule has 6 rings (SSSR count). The number of likely N-dealkylation sites (N-methyl/N-ethyl adjacent to an activating group) is 2. The van der Waals surface area contributed by atoms with Crippen molar-refractivity contribution in [3.8, 4) is 12.1 Å². The minimum Gasteiger partial charge on any atom is -0.462 e. The number of rotatable bonds is 6. The lowest BCUT2D eigenvalue weighted by Crippen LogP contribution is -2.51. The lowest BCUT2D eigenvalue weighted by atomic mass is 9.68. The fourth-order valence-corrected chi connectivity index (χ4v) is 7.38. The molecule has 4 heterocycles. The Bertz CT molecular complexity index is 1680. The summed E-state index contributed by atoms with van der Waals surface area (Å²) in [4.78, 5) is 19.6. The predicted octanol–water partition coefficient (Wildman–Crippen LogP) is 4.18. The van der Waals surface area contributed by atoms with E-state index in [4.69, 9.17) is 26.2 Å². The van der Waals surface area contributed by atoms with Gasteiger partial charge in [0, 0.05) is 49.8 Å². The Labute approximate surface area is 260 Å². The van der Waals surface area contributed by atoms with Crippen LogP contribution in [0, 0.1) is 17.1 Å². The molecule has 3 atom stereocenters. The van der Waals surface area contributed by atoms with Crippen molar-refractivity contribution < 1.29 is 17.9 Å². The number of likely N-dealkylation sites (tertiary alicyclic amines) is 1. The highest BCUT2D eigenvalue weighted by molar-refractivity contribution is 5.64. The maximum atomic E-state index is 15.3. The summed E-state index contributed by atoms with van der Waals surface area (Å²) < 4.78 is 49.6. The van der Waals surface area contributed by atoms with E-state index in [1.165, 1.54) is 6.07 Å². The fraction of sp³-hybridized carbons (Fsp3) is 0.500. The van der Waals surface area contributed by atoms with Gasteiger partial charge in [-0.2, -0.15) is 15.2 Å². The number of benzene rings is 1. The number of fused-ring (bicyclic) bond motifs is 3. The number of nitrogens with two attached hydrogens (primary N) is 2. The van der Waals surface area contributed by atoms with Crippen molar-refractivity contribution >= 4 is 17.3 Å². The van der Waals surface area contributed by atoms with Gasteiger partial charge in [0.1, 0.15) is 30.1 Å². The number of hydrogen-bond donors (Lipinski definition) is 2.